The Morgan fingerprint density at radius 1 is 1.33 bits per heavy atom. The molecule has 0 amide bonds. The molecule has 0 heterocycles. The fourth-order valence-corrected chi connectivity index (χ4v) is 1.81. The average molecular weight is 272 g/mol. The summed E-state index contributed by atoms with van der Waals surface area (Å²) in [5.41, 5.74) is 1.26. The van der Waals surface area contributed by atoms with Crippen molar-refractivity contribution in [2.45, 2.75) is 32.4 Å². The summed E-state index contributed by atoms with van der Waals surface area (Å²) in [7, 11) is 0. The van der Waals surface area contributed by atoms with Crippen molar-refractivity contribution in [3.05, 3.63) is 34.3 Å². The molecule has 0 bridgehead atoms. The molecule has 0 aliphatic carbocycles. The molecule has 15 heavy (non-hydrogen) atoms. The summed E-state index contributed by atoms with van der Waals surface area (Å²) in [6, 6.07) is 8.76. The highest BCUT2D eigenvalue weighted by Crippen LogP contribution is 2.19. The third kappa shape index (κ3) is 3.93. The SMILES string of the molecule is CC[C@@H](N[C@H](C)CO)c1ccc(Br)cc1. The van der Waals surface area contributed by atoms with E-state index in [9.17, 15) is 0 Å². The quantitative estimate of drug-likeness (QED) is 0.863. The number of hydrogen-bond acceptors (Lipinski definition) is 2. The molecule has 0 saturated heterocycles. The number of nitrogens with one attached hydrogen (secondary N) is 1. The van der Waals surface area contributed by atoms with Gasteiger partial charge in [-0.1, -0.05) is 35.0 Å². The summed E-state index contributed by atoms with van der Waals surface area (Å²) in [6.45, 7) is 4.30. The Morgan fingerprint density at radius 2 is 1.93 bits per heavy atom. The molecule has 0 saturated carbocycles. The molecule has 84 valence electrons. The number of rotatable bonds is 5. The minimum atomic E-state index is 0.138. The zero-order chi connectivity index (χ0) is 11.3. The summed E-state index contributed by atoms with van der Waals surface area (Å²) in [6.07, 6.45) is 1.02. The Bertz CT molecular complexity index is 286. The molecule has 0 radical (unpaired) electrons. The predicted octanol–water partition coefficient (Wildman–Crippen LogP) is 2.87. The van der Waals surface area contributed by atoms with E-state index in [0.717, 1.165) is 10.9 Å². The van der Waals surface area contributed by atoms with Gasteiger partial charge in [-0.3, -0.25) is 0 Å². The number of benzene rings is 1. The van der Waals surface area contributed by atoms with E-state index in [-0.39, 0.29) is 12.6 Å². The lowest BCUT2D eigenvalue weighted by Crippen LogP contribution is -2.32. The number of aliphatic hydroxyl groups is 1. The van der Waals surface area contributed by atoms with E-state index in [1.165, 1.54) is 5.56 Å². The van der Waals surface area contributed by atoms with Gasteiger partial charge in [-0.05, 0) is 31.0 Å². The van der Waals surface area contributed by atoms with Crippen molar-refractivity contribution >= 4 is 15.9 Å². The van der Waals surface area contributed by atoms with E-state index >= 15 is 0 Å². The van der Waals surface area contributed by atoms with Crippen LogP contribution in [0.5, 0.6) is 0 Å². The molecule has 1 aromatic rings. The van der Waals surface area contributed by atoms with Gasteiger partial charge in [0.05, 0.1) is 6.61 Å². The van der Waals surface area contributed by atoms with Crippen LogP contribution in [0.1, 0.15) is 31.9 Å². The second-order valence-corrected chi connectivity index (χ2v) is 4.68. The van der Waals surface area contributed by atoms with Gasteiger partial charge in [0, 0.05) is 16.6 Å². The highest BCUT2D eigenvalue weighted by Gasteiger charge is 2.11. The van der Waals surface area contributed by atoms with E-state index in [0.29, 0.717) is 6.04 Å². The standard InChI is InChI=1S/C12H18BrNO/c1-3-12(14-9(2)8-15)10-4-6-11(13)7-5-10/h4-7,9,12,14-15H,3,8H2,1-2H3/t9-,12-/m1/s1. The third-order valence-electron chi connectivity index (χ3n) is 2.44. The van der Waals surface area contributed by atoms with Gasteiger partial charge in [0.2, 0.25) is 0 Å². The van der Waals surface area contributed by atoms with Gasteiger partial charge in [-0.25, -0.2) is 0 Å². The summed E-state index contributed by atoms with van der Waals surface area (Å²) < 4.78 is 1.09. The van der Waals surface area contributed by atoms with Crippen LogP contribution in [0.3, 0.4) is 0 Å². The van der Waals surface area contributed by atoms with Crippen LogP contribution in [-0.4, -0.2) is 17.8 Å². The van der Waals surface area contributed by atoms with Crippen LogP contribution in [0.25, 0.3) is 0 Å². The zero-order valence-electron chi connectivity index (χ0n) is 9.20. The highest BCUT2D eigenvalue weighted by molar-refractivity contribution is 9.10. The van der Waals surface area contributed by atoms with E-state index < -0.39 is 0 Å². The summed E-state index contributed by atoms with van der Waals surface area (Å²) in [4.78, 5) is 0. The Hall–Kier alpha value is -0.380. The number of halogens is 1. The normalized spacial score (nSPS) is 14.9. The lowest BCUT2D eigenvalue weighted by atomic mass is 10.0. The van der Waals surface area contributed by atoms with Crippen LogP contribution in [0.15, 0.2) is 28.7 Å². The van der Waals surface area contributed by atoms with Gasteiger partial charge >= 0.3 is 0 Å². The summed E-state index contributed by atoms with van der Waals surface area (Å²) in [5.74, 6) is 0. The molecular formula is C12H18BrNO. The smallest absolute Gasteiger partial charge is 0.0582 e. The number of aliphatic hydroxyl groups excluding tert-OH is 1. The van der Waals surface area contributed by atoms with Crippen molar-refractivity contribution in [3.8, 4) is 0 Å². The van der Waals surface area contributed by atoms with Crippen LogP contribution in [-0.2, 0) is 0 Å². The second kappa shape index (κ2) is 6.26. The molecule has 1 rings (SSSR count). The lowest BCUT2D eigenvalue weighted by molar-refractivity contribution is 0.239. The molecule has 0 aromatic heterocycles. The first kappa shape index (κ1) is 12.7. The van der Waals surface area contributed by atoms with Gasteiger partial charge < -0.3 is 10.4 Å². The average Bonchev–Trinajstić information content (AvgIpc) is 2.27. The molecule has 0 aliphatic heterocycles. The van der Waals surface area contributed by atoms with Crippen molar-refractivity contribution < 1.29 is 5.11 Å². The van der Waals surface area contributed by atoms with Crippen molar-refractivity contribution in [1.29, 1.82) is 0 Å². The van der Waals surface area contributed by atoms with Crippen molar-refractivity contribution in [2.24, 2.45) is 0 Å². The van der Waals surface area contributed by atoms with Crippen LogP contribution in [0.4, 0.5) is 0 Å². The molecule has 0 aliphatic rings. The molecule has 0 unspecified atom stereocenters. The molecule has 1 aromatic carbocycles. The van der Waals surface area contributed by atoms with Crippen LogP contribution in [0, 0.1) is 0 Å². The fourth-order valence-electron chi connectivity index (χ4n) is 1.54. The van der Waals surface area contributed by atoms with Crippen molar-refractivity contribution in [2.75, 3.05) is 6.61 Å². The topological polar surface area (TPSA) is 32.3 Å². The van der Waals surface area contributed by atoms with Gasteiger partial charge in [0.15, 0.2) is 0 Å². The van der Waals surface area contributed by atoms with Crippen LogP contribution < -0.4 is 5.32 Å². The van der Waals surface area contributed by atoms with Gasteiger partial charge in [-0.2, -0.15) is 0 Å². The van der Waals surface area contributed by atoms with Gasteiger partial charge in [0.25, 0.3) is 0 Å². The minimum Gasteiger partial charge on any atom is -0.395 e. The maximum absolute atomic E-state index is 9.00. The Labute approximate surface area is 99.8 Å². The van der Waals surface area contributed by atoms with Gasteiger partial charge in [0.1, 0.15) is 0 Å². The van der Waals surface area contributed by atoms with Gasteiger partial charge in [-0.15, -0.1) is 0 Å². The predicted molar refractivity (Wildman–Crippen MR) is 66.9 cm³/mol. The number of hydrogen-bond donors (Lipinski definition) is 2. The molecule has 2 nitrogen and oxygen atoms in total. The minimum absolute atomic E-state index is 0.138. The molecule has 0 fully saturated rings. The first-order chi connectivity index (χ1) is 7.17. The summed E-state index contributed by atoms with van der Waals surface area (Å²) in [5, 5.41) is 12.4. The molecule has 2 N–H and O–H groups in total. The molecular weight excluding hydrogens is 254 g/mol. The first-order valence-corrected chi connectivity index (χ1v) is 6.09. The van der Waals surface area contributed by atoms with Crippen molar-refractivity contribution in [3.63, 3.8) is 0 Å². The van der Waals surface area contributed by atoms with Crippen LogP contribution >= 0.6 is 15.9 Å². The van der Waals surface area contributed by atoms with E-state index in [1.54, 1.807) is 0 Å². The monoisotopic (exact) mass is 271 g/mol. The fraction of sp³-hybridized carbons (Fsp3) is 0.500. The van der Waals surface area contributed by atoms with Crippen LogP contribution in [0.2, 0.25) is 0 Å². The summed E-state index contributed by atoms with van der Waals surface area (Å²) >= 11 is 3.42. The molecule has 2 atom stereocenters. The largest absolute Gasteiger partial charge is 0.395 e. The Balaban J connectivity index is 2.69. The third-order valence-corrected chi connectivity index (χ3v) is 2.97. The van der Waals surface area contributed by atoms with E-state index in [2.05, 4.69) is 40.3 Å². The first-order valence-electron chi connectivity index (χ1n) is 5.29. The van der Waals surface area contributed by atoms with Crippen molar-refractivity contribution in [1.82, 2.24) is 5.32 Å². The van der Waals surface area contributed by atoms with E-state index in [4.69, 9.17) is 5.11 Å². The second-order valence-electron chi connectivity index (χ2n) is 3.76. The lowest BCUT2D eigenvalue weighted by Gasteiger charge is -2.21. The molecule has 3 heteroatoms. The Kier molecular flexibility index (Phi) is 5.29. The highest BCUT2D eigenvalue weighted by atomic mass is 79.9. The maximum Gasteiger partial charge on any atom is 0.0582 e. The van der Waals surface area contributed by atoms with E-state index in [1.807, 2.05) is 19.1 Å². The maximum atomic E-state index is 9.00. The zero-order valence-corrected chi connectivity index (χ0v) is 10.8. The molecule has 0 spiro atoms. The Morgan fingerprint density at radius 3 is 2.40 bits per heavy atom.